The van der Waals surface area contributed by atoms with Crippen LogP contribution in [0.2, 0.25) is 0 Å². The van der Waals surface area contributed by atoms with Crippen LogP contribution in [0.25, 0.3) is 10.9 Å². The molecule has 0 aliphatic carbocycles. The van der Waals surface area contributed by atoms with E-state index < -0.39 is 18.0 Å². The smallest absolute Gasteiger partial charge is 0.489 e. The molecule has 0 atom stereocenters. The number of halogens is 3. The van der Waals surface area contributed by atoms with Crippen LogP contribution in [0.15, 0.2) is 66.7 Å². The van der Waals surface area contributed by atoms with E-state index in [4.69, 9.17) is 4.74 Å². The van der Waals surface area contributed by atoms with Gasteiger partial charge in [0.05, 0.1) is 17.1 Å². The summed E-state index contributed by atoms with van der Waals surface area (Å²) in [6.45, 7) is 0.182. The third-order valence-electron chi connectivity index (χ3n) is 4.65. The van der Waals surface area contributed by atoms with E-state index in [9.17, 15) is 23.2 Å². The number of alkyl halides is 3. The van der Waals surface area contributed by atoms with Gasteiger partial charge in [0.15, 0.2) is 5.82 Å². The van der Waals surface area contributed by atoms with Gasteiger partial charge in [-0.3, -0.25) is 9.89 Å². The topological polar surface area (TPSA) is 100 Å². The molecule has 1 aromatic heterocycles. The van der Waals surface area contributed by atoms with Crippen molar-refractivity contribution >= 4 is 22.6 Å². The number of hydrogen-bond donors (Lipinski definition) is 2. The Kier molecular flexibility index (Phi) is 5.87. The normalized spacial score (nSPS) is 11.1. The van der Waals surface area contributed by atoms with Gasteiger partial charge < -0.3 is 14.8 Å². The number of fused-ring (bicyclic) bond motifs is 1. The molecule has 0 fully saturated rings. The summed E-state index contributed by atoms with van der Waals surface area (Å²) in [7, 11) is 0. The van der Waals surface area contributed by atoms with Gasteiger partial charge in [-0.1, -0.05) is 18.2 Å². The van der Waals surface area contributed by atoms with Crippen molar-refractivity contribution in [2.24, 2.45) is 0 Å². The van der Waals surface area contributed by atoms with Crippen LogP contribution in [0.5, 0.6) is 11.5 Å². The predicted molar refractivity (Wildman–Crippen MR) is 113 cm³/mol. The molecular weight excluding hydrogens is 437 g/mol. The zero-order valence-corrected chi connectivity index (χ0v) is 16.8. The van der Waals surface area contributed by atoms with Crippen LogP contribution in [0.4, 0.5) is 19.0 Å². The van der Waals surface area contributed by atoms with E-state index >= 15 is 0 Å². The average Bonchev–Trinajstić information content (AvgIpc) is 3.19. The number of benzene rings is 3. The largest absolute Gasteiger partial charge is 0.573 e. The molecule has 1 heterocycles. The van der Waals surface area contributed by atoms with Gasteiger partial charge in [-0.15, -0.1) is 13.2 Å². The van der Waals surface area contributed by atoms with Crippen molar-refractivity contribution < 1.29 is 27.4 Å². The summed E-state index contributed by atoms with van der Waals surface area (Å²) >= 11 is 0. The van der Waals surface area contributed by atoms with Gasteiger partial charge in [0, 0.05) is 16.5 Å². The molecule has 0 unspecified atom stereocenters. The summed E-state index contributed by atoms with van der Waals surface area (Å²) in [5, 5.41) is 19.3. The summed E-state index contributed by atoms with van der Waals surface area (Å²) in [5.41, 5.74) is 2.02. The minimum absolute atomic E-state index is 0.126. The Hall–Kier alpha value is -4.52. The van der Waals surface area contributed by atoms with E-state index in [1.54, 1.807) is 36.4 Å². The third-order valence-corrected chi connectivity index (χ3v) is 4.65. The number of nitrogens with one attached hydrogen (secondary N) is 2. The molecule has 0 radical (unpaired) electrons. The van der Waals surface area contributed by atoms with Gasteiger partial charge in [-0.25, -0.2) is 0 Å². The maximum Gasteiger partial charge on any atom is 0.573 e. The Balaban J connectivity index is 1.48. The highest BCUT2D eigenvalue weighted by Crippen LogP contribution is 2.27. The Bertz CT molecular complexity index is 1340. The molecule has 4 aromatic rings. The summed E-state index contributed by atoms with van der Waals surface area (Å²) < 4.78 is 46.5. The van der Waals surface area contributed by atoms with Crippen molar-refractivity contribution in [1.29, 1.82) is 5.26 Å². The minimum atomic E-state index is -4.81. The molecule has 33 heavy (non-hydrogen) atoms. The molecule has 0 aliphatic rings. The quantitative estimate of drug-likeness (QED) is 0.421. The number of rotatable bonds is 6. The highest BCUT2D eigenvalue weighted by Gasteiger charge is 2.31. The van der Waals surface area contributed by atoms with Crippen molar-refractivity contribution in [3.63, 3.8) is 0 Å². The van der Waals surface area contributed by atoms with Crippen molar-refractivity contribution in [3.8, 4) is 17.6 Å². The molecule has 1 amide bonds. The van der Waals surface area contributed by atoms with Crippen molar-refractivity contribution in [1.82, 2.24) is 10.2 Å². The Morgan fingerprint density at radius 2 is 1.79 bits per heavy atom. The Labute approximate surface area is 185 Å². The summed E-state index contributed by atoms with van der Waals surface area (Å²) in [6.07, 6.45) is -4.81. The lowest BCUT2D eigenvalue weighted by molar-refractivity contribution is -0.274. The van der Waals surface area contributed by atoms with Crippen LogP contribution in [-0.4, -0.2) is 22.5 Å². The van der Waals surface area contributed by atoms with Crippen LogP contribution in [0, 0.1) is 11.3 Å². The number of ether oxygens (including phenoxy) is 2. The number of amides is 1. The van der Waals surface area contributed by atoms with E-state index in [0.29, 0.717) is 22.2 Å². The summed E-state index contributed by atoms with van der Waals surface area (Å²) in [6, 6.07) is 18.9. The summed E-state index contributed by atoms with van der Waals surface area (Å²) in [4.78, 5) is 12.5. The number of carbonyl (C=O) groups is 1. The lowest BCUT2D eigenvalue weighted by Crippen LogP contribution is -2.17. The standard InChI is InChI=1S/C23H15F3N4O3/c24-23(25,26)33-17-7-5-14(6-8-17)22(31)28-21-19-11-18(9-10-20(19)29-30-21)32-13-16-4-2-1-3-15(16)12-27/h1-11H,13H2,(H2,28,29,30,31). The number of H-pyrrole nitrogens is 1. The first-order valence-corrected chi connectivity index (χ1v) is 9.58. The Morgan fingerprint density at radius 1 is 1.06 bits per heavy atom. The fourth-order valence-corrected chi connectivity index (χ4v) is 3.08. The number of hydrogen-bond acceptors (Lipinski definition) is 5. The second kappa shape index (κ2) is 8.92. The van der Waals surface area contributed by atoms with Crippen LogP contribution in [0.3, 0.4) is 0 Å². The van der Waals surface area contributed by atoms with E-state index in [2.05, 4.69) is 26.3 Å². The highest BCUT2D eigenvalue weighted by molar-refractivity contribution is 6.08. The third kappa shape index (κ3) is 5.22. The minimum Gasteiger partial charge on any atom is -0.489 e. The fourth-order valence-electron chi connectivity index (χ4n) is 3.08. The van der Waals surface area contributed by atoms with Gasteiger partial charge in [0.2, 0.25) is 0 Å². The van der Waals surface area contributed by atoms with Gasteiger partial charge in [0.25, 0.3) is 5.91 Å². The number of aromatic nitrogens is 2. The van der Waals surface area contributed by atoms with Gasteiger partial charge in [-0.2, -0.15) is 10.4 Å². The molecule has 7 nitrogen and oxygen atoms in total. The lowest BCUT2D eigenvalue weighted by atomic mass is 10.1. The van der Waals surface area contributed by atoms with Crippen molar-refractivity contribution in [3.05, 3.63) is 83.4 Å². The molecule has 3 aromatic carbocycles. The SMILES string of the molecule is N#Cc1ccccc1COc1ccc2[nH]nc(NC(=O)c3ccc(OC(F)(F)F)cc3)c2c1. The number of anilines is 1. The van der Waals surface area contributed by atoms with Crippen LogP contribution in [0.1, 0.15) is 21.5 Å². The number of aromatic amines is 1. The maximum absolute atomic E-state index is 12.5. The molecule has 2 N–H and O–H groups in total. The monoisotopic (exact) mass is 452 g/mol. The number of nitriles is 1. The van der Waals surface area contributed by atoms with E-state index in [0.717, 1.165) is 17.7 Å². The molecule has 0 saturated carbocycles. The van der Waals surface area contributed by atoms with Gasteiger partial charge in [-0.05, 0) is 48.5 Å². The Morgan fingerprint density at radius 3 is 2.52 bits per heavy atom. The maximum atomic E-state index is 12.5. The average molecular weight is 452 g/mol. The van der Waals surface area contributed by atoms with Crippen LogP contribution in [-0.2, 0) is 6.61 Å². The van der Waals surface area contributed by atoms with Crippen LogP contribution >= 0.6 is 0 Å². The predicted octanol–water partition coefficient (Wildman–Crippen LogP) is 5.16. The lowest BCUT2D eigenvalue weighted by Gasteiger charge is -2.09. The van der Waals surface area contributed by atoms with Crippen molar-refractivity contribution in [2.75, 3.05) is 5.32 Å². The zero-order valence-electron chi connectivity index (χ0n) is 16.8. The molecule has 4 rings (SSSR count). The fraction of sp³-hybridized carbons (Fsp3) is 0.0870. The second-order valence-electron chi connectivity index (χ2n) is 6.86. The molecule has 0 bridgehead atoms. The first-order valence-electron chi connectivity index (χ1n) is 9.58. The number of nitrogens with zero attached hydrogens (tertiary/aromatic N) is 2. The molecule has 0 spiro atoms. The van der Waals surface area contributed by atoms with Crippen LogP contribution < -0.4 is 14.8 Å². The zero-order chi connectivity index (χ0) is 23.4. The number of carbonyl (C=O) groups excluding carboxylic acids is 1. The van der Waals surface area contributed by atoms with E-state index in [-0.39, 0.29) is 18.0 Å². The highest BCUT2D eigenvalue weighted by atomic mass is 19.4. The summed E-state index contributed by atoms with van der Waals surface area (Å²) in [5.74, 6) is -0.255. The van der Waals surface area contributed by atoms with Crippen molar-refractivity contribution in [2.45, 2.75) is 13.0 Å². The first kappa shape index (κ1) is 21.7. The molecule has 0 aliphatic heterocycles. The molecule has 0 saturated heterocycles. The molecule has 10 heteroatoms. The second-order valence-corrected chi connectivity index (χ2v) is 6.86. The molecule has 166 valence electrons. The van der Waals surface area contributed by atoms with Gasteiger partial charge >= 0.3 is 6.36 Å². The van der Waals surface area contributed by atoms with E-state index in [1.807, 2.05) is 6.07 Å². The molecular formula is C23H15F3N4O3. The van der Waals surface area contributed by atoms with E-state index in [1.165, 1.54) is 12.1 Å². The first-order chi connectivity index (χ1) is 15.8. The van der Waals surface area contributed by atoms with Gasteiger partial charge in [0.1, 0.15) is 18.1 Å².